The highest BCUT2D eigenvalue weighted by Gasteiger charge is 2.18. The summed E-state index contributed by atoms with van der Waals surface area (Å²) in [5.41, 5.74) is 2.40. The molecule has 0 saturated carbocycles. The van der Waals surface area contributed by atoms with E-state index >= 15 is 0 Å². The fraction of sp³-hybridized carbons (Fsp3) is 0.438. The second kappa shape index (κ2) is 5.68. The number of likely N-dealkylation sites (N-methyl/N-ethyl adjacent to an activating group) is 1. The highest BCUT2D eigenvalue weighted by Crippen LogP contribution is 2.16. The Hall–Kier alpha value is -1.45. The van der Waals surface area contributed by atoms with E-state index in [1.165, 1.54) is 30.3 Å². The number of rotatable bonds is 3. The molecule has 0 radical (unpaired) electrons. The Morgan fingerprint density at radius 3 is 3.16 bits per heavy atom. The summed E-state index contributed by atoms with van der Waals surface area (Å²) in [5, 5.41) is 4.63. The highest BCUT2D eigenvalue weighted by molar-refractivity contribution is 5.78. The first-order valence-corrected chi connectivity index (χ1v) is 7.08. The molecule has 3 rings (SSSR count). The second-order valence-corrected chi connectivity index (χ2v) is 5.40. The van der Waals surface area contributed by atoms with Crippen molar-refractivity contribution in [3.05, 3.63) is 42.1 Å². The SMILES string of the molecule is CNC1CCCN(Cc2cnc3ccccc3c2)C1. The summed E-state index contributed by atoms with van der Waals surface area (Å²) < 4.78 is 0. The van der Waals surface area contributed by atoms with Crippen LogP contribution in [0, 0.1) is 0 Å². The molecular formula is C16H21N3. The Morgan fingerprint density at radius 1 is 1.37 bits per heavy atom. The lowest BCUT2D eigenvalue weighted by atomic mass is 10.0. The zero-order valence-electron chi connectivity index (χ0n) is 11.5. The monoisotopic (exact) mass is 255 g/mol. The summed E-state index contributed by atoms with van der Waals surface area (Å²) in [6.07, 6.45) is 4.60. The predicted molar refractivity (Wildman–Crippen MR) is 79.1 cm³/mol. The lowest BCUT2D eigenvalue weighted by molar-refractivity contribution is 0.188. The average molecular weight is 255 g/mol. The predicted octanol–water partition coefficient (Wildman–Crippen LogP) is 2.42. The molecule has 0 spiro atoms. The van der Waals surface area contributed by atoms with Crippen molar-refractivity contribution in [1.82, 2.24) is 15.2 Å². The third-order valence-electron chi connectivity index (χ3n) is 3.97. The zero-order valence-corrected chi connectivity index (χ0v) is 11.5. The van der Waals surface area contributed by atoms with Gasteiger partial charge in [-0.15, -0.1) is 0 Å². The molecule has 1 aromatic carbocycles. The van der Waals surface area contributed by atoms with Crippen LogP contribution in [-0.4, -0.2) is 36.1 Å². The van der Waals surface area contributed by atoms with Gasteiger partial charge in [-0.25, -0.2) is 0 Å². The Morgan fingerprint density at radius 2 is 2.26 bits per heavy atom. The number of nitrogens with one attached hydrogen (secondary N) is 1. The van der Waals surface area contributed by atoms with E-state index in [1.54, 1.807) is 0 Å². The van der Waals surface area contributed by atoms with Crippen molar-refractivity contribution in [2.24, 2.45) is 0 Å². The van der Waals surface area contributed by atoms with Gasteiger partial charge in [-0.2, -0.15) is 0 Å². The molecule has 0 aliphatic carbocycles. The Kier molecular flexibility index (Phi) is 3.76. The fourth-order valence-corrected chi connectivity index (χ4v) is 2.90. The molecule has 3 nitrogen and oxygen atoms in total. The van der Waals surface area contributed by atoms with Crippen molar-refractivity contribution in [3.8, 4) is 0 Å². The standard InChI is InChI=1S/C16H21N3/c1-17-15-6-4-8-19(12-15)11-13-9-14-5-2-3-7-16(14)18-10-13/h2-3,5,7,9-10,15,17H,4,6,8,11-12H2,1H3. The fourth-order valence-electron chi connectivity index (χ4n) is 2.90. The van der Waals surface area contributed by atoms with E-state index in [9.17, 15) is 0 Å². The lowest BCUT2D eigenvalue weighted by Crippen LogP contribution is -2.43. The minimum absolute atomic E-state index is 0.641. The number of likely N-dealkylation sites (tertiary alicyclic amines) is 1. The van der Waals surface area contributed by atoms with Gasteiger partial charge in [-0.1, -0.05) is 18.2 Å². The van der Waals surface area contributed by atoms with Crippen LogP contribution in [0.2, 0.25) is 0 Å². The van der Waals surface area contributed by atoms with Crippen molar-refractivity contribution in [1.29, 1.82) is 0 Å². The molecule has 1 saturated heterocycles. The number of para-hydroxylation sites is 1. The van der Waals surface area contributed by atoms with E-state index in [4.69, 9.17) is 0 Å². The maximum absolute atomic E-state index is 4.54. The van der Waals surface area contributed by atoms with E-state index < -0.39 is 0 Å². The van der Waals surface area contributed by atoms with Gasteiger partial charge < -0.3 is 5.32 Å². The van der Waals surface area contributed by atoms with Crippen LogP contribution >= 0.6 is 0 Å². The van der Waals surface area contributed by atoms with Gasteiger partial charge >= 0.3 is 0 Å². The molecule has 1 atom stereocenters. The van der Waals surface area contributed by atoms with Gasteiger partial charge in [-0.3, -0.25) is 9.88 Å². The Bertz CT molecular complexity index is 552. The van der Waals surface area contributed by atoms with Gasteiger partial charge in [0.05, 0.1) is 5.52 Å². The number of piperidine rings is 1. The van der Waals surface area contributed by atoms with Crippen molar-refractivity contribution in [3.63, 3.8) is 0 Å². The number of pyridine rings is 1. The van der Waals surface area contributed by atoms with Gasteiger partial charge in [0.15, 0.2) is 0 Å². The molecule has 2 heterocycles. The normalized spacial score (nSPS) is 20.8. The van der Waals surface area contributed by atoms with Gasteiger partial charge in [0.25, 0.3) is 0 Å². The maximum atomic E-state index is 4.54. The quantitative estimate of drug-likeness (QED) is 0.913. The molecule has 2 aromatic rings. The molecule has 0 bridgehead atoms. The minimum atomic E-state index is 0.641. The van der Waals surface area contributed by atoms with Crippen LogP contribution in [0.15, 0.2) is 36.5 Å². The Balaban J connectivity index is 1.74. The molecule has 1 aliphatic heterocycles. The molecular weight excluding hydrogens is 234 g/mol. The largest absolute Gasteiger partial charge is 0.316 e. The highest BCUT2D eigenvalue weighted by atomic mass is 15.2. The summed E-state index contributed by atoms with van der Waals surface area (Å²) in [6, 6.07) is 11.2. The molecule has 19 heavy (non-hydrogen) atoms. The molecule has 100 valence electrons. The lowest BCUT2D eigenvalue weighted by Gasteiger charge is -2.32. The summed E-state index contributed by atoms with van der Waals surface area (Å²) in [7, 11) is 2.06. The molecule has 1 unspecified atom stereocenters. The van der Waals surface area contributed by atoms with E-state index in [0.717, 1.165) is 18.6 Å². The van der Waals surface area contributed by atoms with Crippen molar-refractivity contribution in [2.45, 2.75) is 25.4 Å². The first-order chi connectivity index (χ1) is 9.35. The van der Waals surface area contributed by atoms with Gasteiger partial charge in [0.2, 0.25) is 0 Å². The van der Waals surface area contributed by atoms with Gasteiger partial charge in [-0.05, 0) is 44.1 Å². The third kappa shape index (κ3) is 2.94. The zero-order chi connectivity index (χ0) is 13.1. The molecule has 0 amide bonds. The van der Waals surface area contributed by atoms with Gasteiger partial charge in [0, 0.05) is 30.7 Å². The van der Waals surface area contributed by atoms with E-state index in [-0.39, 0.29) is 0 Å². The van der Waals surface area contributed by atoms with Crippen LogP contribution in [0.5, 0.6) is 0 Å². The summed E-state index contributed by atoms with van der Waals surface area (Å²) in [6.45, 7) is 3.35. The second-order valence-electron chi connectivity index (χ2n) is 5.40. The topological polar surface area (TPSA) is 28.2 Å². The van der Waals surface area contributed by atoms with Gasteiger partial charge in [0.1, 0.15) is 0 Å². The van der Waals surface area contributed by atoms with Crippen LogP contribution in [0.1, 0.15) is 18.4 Å². The first kappa shape index (κ1) is 12.6. The van der Waals surface area contributed by atoms with Crippen molar-refractivity contribution < 1.29 is 0 Å². The van der Waals surface area contributed by atoms with Crippen LogP contribution in [0.25, 0.3) is 10.9 Å². The van der Waals surface area contributed by atoms with E-state index in [2.05, 4.69) is 46.5 Å². The number of aromatic nitrogens is 1. The minimum Gasteiger partial charge on any atom is -0.316 e. The Labute approximate surface area is 114 Å². The van der Waals surface area contributed by atoms with E-state index in [0.29, 0.717) is 6.04 Å². The average Bonchev–Trinajstić information content (AvgIpc) is 2.47. The molecule has 1 aliphatic rings. The van der Waals surface area contributed by atoms with Crippen LogP contribution < -0.4 is 5.32 Å². The molecule has 1 fully saturated rings. The summed E-state index contributed by atoms with van der Waals surface area (Å²) in [5.74, 6) is 0. The van der Waals surface area contributed by atoms with Crippen LogP contribution in [0.3, 0.4) is 0 Å². The summed E-state index contributed by atoms with van der Waals surface area (Å²) in [4.78, 5) is 7.07. The number of hydrogen-bond donors (Lipinski definition) is 1. The number of nitrogens with zero attached hydrogens (tertiary/aromatic N) is 2. The van der Waals surface area contributed by atoms with E-state index in [1.807, 2.05) is 12.3 Å². The third-order valence-corrected chi connectivity index (χ3v) is 3.97. The number of fused-ring (bicyclic) bond motifs is 1. The van der Waals surface area contributed by atoms with Crippen molar-refractivity contribution >= 4 is 10.9 Å². The number of benzene rings is 1. The molecule has 1 aromatic heterocycles. The number of hydrogen-bond acceptors (Lipinski definition) is 3. The van der Waals surface area contributed by atoms with Crippen molar-refractivity contribution in [2.75, 3.05) is 20.1 Å². The maximum Gasteiger partial charge on any atom is 0.0702 e. The summed E-state index contributed by atoms with van der Waals surface area (Å²) >= 11 is 0. The first-order valence-electron chi connectivity index (χ1n) is 7.08. The molecule has 3 heteroatoms. The van der Waals surface area contributed by atoms with Crippen LogP contribution in [0.4, 0.5) is 0 Å². The smallest absolute Gasteiger partial charge is 0.0702 e. The van der Waals surface area contributed by atoms with Crippen LogP contribution in [-0.2, 0) is 6.54 Å². The molecule has 1 N–H and O–H groups in total.